The summed E-state index contributed by atoms with van der Waals surface area (Å²) < 4.78 is 3.17. The van der Waals surface area contributed by atoms with Crippen molar-refractivity contribution in [3.05, 3.63) is 47.2 Å². The van der Waals surface area contributed by atoms with E-state index < -0.39 is 0 Å². The summed E-state index contributed by atoms with van der Waals surface area (Å²) in [7, 11) is 1.98. The molecular formula is C16H18N4S. The van der Waals surface area contributed by atoms with Gasteiger partial charge < -0.3 is 0 Å². The number of fused-ring (bicyclic) bond motifs is 1. The van der Waals surface area contributed by atoms with Crippen molar-refractivity contribution in [1.29, 1.82) is 0 Å². The third-order valence-electron chi connectivity index (χ3n) is 4.15. The molecule has 4 nitrogen and oxygen atoms in total. The Hall–Kier alpha value is -1.72. The molecule has 0 aliphatic carbocycles. The second-order valence-corrected chi connectivity index (χ2v) is 6.77. The van der Waals surface area contributed by atoms with Crippen molar-refractivity contribution in [3.8, 4) is 0 Å². The Balaban J connectivity index is 1.57. The molecule has 1 aromatic carbocycles. The average molecular weight is 298 g/mol. The van der Waals surface area contributed by atoms with E-state index in [1.54, 1.807) is 0 Å². The molecule has 0 bridgehead atoms. The number of benzene rings is 1. The normalized spacial score (nSPS) is 19.6. The first-order chi connectivity index (χ1) is 10.3. The molecule has 3 aromatic rings. The number of hydrogen-bond donors (Lipinski definition) is 0. The lowest BCUT2D eigenvalue weighted by Gasteiger charge is -2.22. The highest BCUT2D eigenvalue weighted by Crippen LogP contribution is 2.34. The van der Waals surface area contributed by atoms with Gasteiger partial charge in [-0.15, -0.1) is 11.3 Å². The third kappa shape index (κ3) is 2.47. The van der Waals surface area contributed by atoms with Crippen molar-refractivity contribution in [1.82, 2.24) is 19.7 Å². The van der Waals surface area contributed by atoms with Crippen molar-refractivity contribution in [2.45, 2.75) is 25.4 Å². The van der Waals surface area contributed by atoms with Gasteiger partial charge in [0.25, 0.3) is 0 Å². The molecule has 108 valence electrons. The Morgan fingerprint density at radius 3 is 3.05 bits per heavy atom. The molecule has 0 unspecified atom stereocenters. The Kier molecular flexibility index (Phi) is 3.24. The maximum absolute atomic E-state index is 4.77. The Morgan fingerprint density at radius 2 is 2.24 bits per heavy atom. The quantitative estimate of drug-likeness (QED) is 0.743. The summed E-state index contributed by atoms with van der Waals surface area (Å²) in [6, 6.07) is 8.88. The molecule has 5 heteroatoms. The summed E-state index contributed by atoms with van der Waals surface area (Å²) in [6.45, 7) is 2.09. The summed E-state index contributed by atoms with van der Waals surface area (Å²) in [4.78, 5) is 7.30. The van der Waals surface area contributed by atoms with Crippen LogP contribution in [0.1, 0.15) is 29.5 Å². The highest BCUT2D eigenvalue weighted by molar-refractivity contribution is 7.18. The minimum atomic E-state index is 0.491. The number of para-hydroxylation sites is 1. The number of likely N-dealkylation sites (tertiary alicyclic amines) is 1. The van der Waals surface area contributed by atoms with Gasteiger partial charge in [-0.1, -0.05) is 12.1 Å². The van der Waals surface area contributed by atoms with Crippen LogP contribution in [-0.2, 0) is 13.6 Å². The smallest absolute Gasteiger partial charge is 0.108 e. The zero-order valence-corrected chi connectivity index (χ0v) is 12.9. The molecule has 1 atom stereocenters. The lowest BCUT2D eigenvalue weighted by Crippen LogP contribution is -2.22. The molecule has 3 heterocycles. The first-order valence-corrected chi connectivity index (χ1v) is 8.18. The van der Waals surface area contributed by atoms with Crippen LogP contribution in [0.3, 0.4) is 0 Å². The van der Waals surface area contributed by atoms with Gasteiger partial charge in [-0.3, -0.25) is 9.58 Å². The van der Waals surface area contributed by atoms with Gasteiger partial charge in [-0.25, -0.2) is 4.98 Å². The van der Waals surface area contributed by atoms with Gasteiger partial charge in [0.1, 0.15) is 5.01 Å². The molecule has 0 N–H and O–H groups in total. The van der Waals surface area contributed by atoms with E-state index in [4.69, 9.17) is 4.98 Å². The van der Waals surface area contributed by atoms with Crippen molar-refractivity contribution < 1.29 is 0 Å². The maximum atomic E-state index is 4.77. The molecule has 4 rings (SSSR count). The zero-order chi connectivity index (χ0) is 14.2. The van der Waals surface area contributed by atoms with E-state index in [-0.39, 0.29) is 0 Å². The minimum absolute atomic E-state index is 0.491. The first-order valence-electron chi connectivity index (χ1n) is 7.36. The SMILES string of the molecule is Cn1cc([C@H]2CCCN2Cc2nc3ccccc3s2)cn1. The van der Waals surface area contributed by atoms with Crippen LogP contribution in [-0.4, -0.2) is 26.2 Å². The van der Waals surface area contributed by atoms with E-state index >= 15 is 0 Å². The number of nitrogens with zero attached hydrogens (tertiary/aromatic N) is 4. The van der Waals surface area contributed by atoms with Crippen molar-refractivity contribution in [3.63, 3.8) is 0 Å². The van der Waals surface area contributed by atoms with Crippen LogP contribution < -0.4 is 0 Å². The van der Waals surface area contributed by atoms with Crippen LogP contribution in [0.25, 0.3) is 10.2 Å². The lowest BCUT2D eigenvalue weighted by molar-refractivity contribution is 0.248. The molecule has 0 radical (unpaired) electrons. The average Bonchev–Trinajstić information content (AvgIpc) is 3.17. The topological polar surface area (TPSA) is 34.0 Å². The van der Waals surface area contributed by atoms with E-state index in [1.807, 2.05) is 29.3 Å². The second-order valence-electron chi connectivity index (χ2n) is 5.65. The van der Waals surface area contributed by atoms with Gasteiger partial charge >= 0.3 is 0 Å². The number of hydrogen-bond acceptors (Lipinski definition) is 4. The fourth-order valence-corrected chi connectivity index (χ4v) is 4.16. The van der Waals surface area contributed by atoms with Crippen LogP contribution in [0, 0.1) is 0 Å². The van der Waals surface area contributed by atoms with Gasteiger partial charge in [0.05, 0.1) is 23.0 Å². The summed E-state index contributed by atoms with van der Waals surface area (Å²) in [5.74, 6) is 0. The zero-order valence-electron chi connectivity index (χ0n) is 12.1. The highest BCUT2D eigenvalue weighted by Gasteiger charge is 2.27. The van der Waals surface area contributed by atoms with E-state index in [9.17, 15) is 0 Å². The molecular weight excluding hydrogens is 280 g/mol. The monoisotopic (exact) mass is 298 g/mol. The molecule has 0 saturated carbocycles. The van der Waals surface area contributed by atoms with Gasteiger partial charge in [0, 0.05) is 24.8 Å². The highest BCUT2D eigenvalue weighted by atomic mass is 32.1. The second kappa shape index (κ2) is 5.24. The number of rotatable bonds is 3. The van der Waals surface area contributed by atoms with Crippen LogP contribution >= 0.6 is 11.3 Å². The van der Waals surface area contributed by atoms with Crippen LogP contribution in [0.2, 0.25) is 0 Å². The van der Waals surface area contributed by atoms with Crippen LogP contribution in [0.15, 0.2) is 36.7 Å². The molecule has 0 amide bonds. The Bertz CT molecular complexity index is 727. The van der Waals surface area contributed by atoms with E-state index in [2.05, 4.69) is 40.5 Å². The third-order valence-corrected chi connectivity index (χ3v) is 5.17. The van der Waals surface area contributed by atoms with Gasteiger partial charge in [0.2, 0.25) is 0 Å². The van der Waals surface area contributed by atoms with Crippen molar-refractivity contribution >= 4 is 21.6 Å². The summed E-state index contributed by atoms with van der Waals surface area (Å²) in [5.41, 5.74) is 2.45. The fraction of sp³-hybridized carbons (Fsp3) is 0.375. The predicted molar refractivity (Wildman–Crippen MR) is 85.2 cm³/mol. The van der Waals surface area contributed by atoms with Crippen LogP contribution in [0.5, 0.6) is 0 Å². The number of aryl methyl sites for hydroxylation is 1. The van der Waals surface area contributed by atoms with Crippen molar-refractivity contribution in [2.75, 3.05) is 6.54 Å². The molecule has 0 spiro atoms. The number of aromatic nitrogens is 3. The lowest BCUT2D eigenvalue weighted by atomic mass is 10.1. The Morgan fingerprint density at radius 1 is 1.33 bits per heavy atom. The van der Waals surface area contributed by atoms with E-state index in [1.165, 1.54) is 28.1 Å². The fourth-order valence-electron chi connectivity index (χ4n) is 3.17. The standard InChI is InChI=1S/C16H18N4S/c1-19-10-12(9-17-19)14-6-4-8-20(14)11-16-18-13-5-2-3-7-15(13)21-16/h2-3,5,7,9-10,14H,4,6,8,11H2,1H3/t14-/m1/s1. The molecule has 1 saturated heterocycles. The largest absolute Gasteiger partial charge is 0.290 e. The van der Waals surface area contributed by atoms with Crippen LogP contribution in [0.4, 0.5) is 0 Å². The Labute approximate surface area is 128 Å². The molecule has 2 aromatic heterocycles. The maximum Gasteiger partial charge on any atom is 0.108 e. The molecule has 1 fully saturated rings. The van der Waals surface area contributed by atoms with Gasteiger partial charge in [0.15, 0.2) is 0 Å². The first kappa shape index (κ1) is 13.0. The minimum Gasteiger partial charge on any atom is -0.290 e. The molecule has 1 aliphatic rings. The summed E-state index contributed by atoms with van der Waals surface area (Å²) >= 11 is 1.81. The predicted octanol–water partition coefficient (Wildman–Crippen LogP) is 3.37. The van der Waals surface area contributed by atoms with Gasteiger partial charge in [-0.05, 0) is 31.5 Å². The number of thiazole rings is 1. The van der Waals surface area contributed by atoms with E-state index in [0.717, 1.165) is 18.6 Å². The van der Waals surface area contributed by atoms with Crippen molar-refractivity contribution in [2.24, 2.45) is 7.05 Å². The molecule has 21 heavy (non-hydrogen) atoms. The molecule has 1 aliphatic heterocycles. The van der Waals surface area contributed by atoms with Gasteiger partial charge in [-0.2, -0.15) is 5.10 Å². The van der Waals surface area contributed by atoms with E-state index in [0.29, 0.717) is 6.04 Å². The summed E-state index contributed by atoms with van der Waals surface area (Å²) in [6.07, 6.45) is 6.61. The summed E-state index contributed by atoms with van der Waals surface area (Å²) in [5, 5.41) is 5.53.